The molecular weight excluding hydrogens is 412 g/mol. The number of aryl methyl sites for hydroxylation is 1. The number of carbonyl (C=O) groups is 2. The Bertz CT molecular complexity index is 973. The lowest BCUT2D eigenvalue weighted by molar-refractivity contribution is -0.117. The van der Waals surface area contributed by atoms with Crippen LogP contribution in [0.5, 0.6) is 0 Å². The monoisotopic (exact) mass is 440 g/mol. The molecule has 9 heteroatoms. The first-order chi connectivity index (χ1) is 15.1. The summed E-state index contributed by atoms with van der Waals surface area (Å²) < 4.78 is 3.84. The number of amides is 2. The van der Waals surface area contributed by atoms with E-state index in [4.69, 9.17) is 9.97 Å². The molecule has 1 unspecified atom stereocenters. The number of hydrogen-bond acceptors (Lipinski definition) is 7. The molecule has 1 atom stereocenters. The third-order valence-electron chi connectivity index (χ3n) is 6.90. The van der Waals surface area contributed by atoms with Gasteiger partial charge in [-0.3, -0.25) is 14.5 Å². The lowest BCUT2D eigenvalue weighted by atomic mass is 9.89. The van der Waals surface area contributed by atoms with Crippen molar-refractivity contribution in [1.29, 1.82) is 0 Å². The second kappa shape index (κ2) is 8.61. The number of rotatable bonds is 4. The Kier molecular flexibility index (Phi) is 5.69. The Hall–Kier alpha value is -2.42. The number of anilines is 1. The van der Waals surface area contributed by atoms with Crippen LogP contribution in [0.2, 0.25) is 0 Å². The Morgan fingerprint density at radius 3 is 2.71 bits per heavy atom. The van der Waals surface area contributed by atoms with E-state index in [0.29, 0.717) is 30.4 Å². The van der Waals surface area contributed by atoms with Gasteiger partial charge in [0.2, 0.25) is 5.91 Å². The van der Waals surface area contributed by atoms with Gasteiger partial charge < -0.3 is 4.90 Å². The van der Waals surface area contributed by atoms with E-state index in [1.54, 1.807) is 5.38 Å². The highest BCUT2D eigenvalue weighted by Gasteiger charge is 2.37. The summed E-state index contributed by atoms with van der Waals surface area (Å²) in [6, 6.07) is -0.195. The zero-order chi connectivity index (χ0) is 21.4. The summed E-state index contributed by atoms with van der Waals surface area (Å²) in [7, 11) is 0. The maximum atomic E-state index is 13.1. The summed E-state index contributed by atoms with van der Waals surface area (Å²) in [5.41, 5.74) is 2.18. The zero-order valence-corrected chi connectivity index (χ0v) is 18.7. The van der Waals surface area contributed by atoms with E-state index in [1.807, 2.05) is 16.7 Å². The number of aromatic nitrogens is 4. The van der Waals surface area contributed by atoms with E-state index in [2.05, 4.69) is 9.59 Å². The van der Waals surface area contributed by atoms with Crippen molar-refractivity contribution in [3.8, 4) is 0 Å². The van der Waals surface area contributed by atoms with Crippen molar-refractivity contribution in [3.05, 3.63) is 28.2 Å². The van der Waals surface area contributed by atoms with Crippen LogP contribution in [0.4, 0.5) is 5.82 Å². The van der Waals surface area contributed by atoms with Crippen LogP contribution in [0.25, 0.3) is 0 Å². The van der Waals surface area contributed by atoms with Crippen molar-refractivity contribution in [2.45, 2.75) is 70.8 Å². The van der Waals surface area contributed by atoms with Crippen molar-refractivity contribution in [2.75, 3.05) is 18.0 Å². The van der Waals surface area contributed by atoms with E-state index in [9.17, 15) is 9.59 Å². The molecule has 164 valence electrons. The molecule has 31 heavy (non-hydrogen) atoms. The molecule has 2 amide bonds. The molecular formula is C22H28N6O2S. The average Bonchev–Trinajstić information content (AvgIpc) is 3.43. The minimum absolute atomic E-state index is 0.115. The van der Waals surface area contributed by atoms with Gasteiger partial charge in [-0.05, 0) is 56.5 Å². The number of piperidine rings is 1. The van der Waals surface area contributed by atoms with Crippen LogP contribution in [0.15, 0.2) is 5.38 Å². The molecule has 2 aromatic heterocycles. The van der Waals surface area contributed by atoms with Crippen LogP contribution in [-0.4, -0.2) is 49.4 Å². The summed E-state index contributed by atoms with van der Waals surface area (Å²) >= 11 is 1.18. The Morgan fingerprint density at radius 1 is 1.13 bits per heavy atom. The van der Waals surface area contributed by atoms with Gasteiger partial charge in [0.1, 0.15) is 5.82 Å². The topological polar surface area (TPSA) is 92.2 Å². The second-order valence-corrected chi connectivity index (χ2v) is 9.56. The quantitative estimate of drug-likeness (QED) is 0.723. The smallest absolute Gasteiger partial charge is 0.275 e. The molecule has 0 spiro atoms. The minimum Gasteiger partial charge on any atom is -0.327 e. The molecule has 5 rings (SSSR count). The van der Waals surface area contributed by atoms with Gasteiger partial charge in [-0.25, -0.2) is 9.97 Å². The predicted molar refractivity (Wildman–Crippen MR) is 117 cm³/mol. The normalized spacial score (nSPS) is 22.1. The average molecular weight is 441 g/mol. The molecule has 1 saturated heterocycles. The van der Waals surface area contributed by atoms with Crippen molar-refractivity contribution in [1.82, 2.24) is 24.5 Å². The zero-order valence-electron chi connectivity index (χ0n) is 17.9. The molecule has 0 N–H and O–H groups in total. The first kappa shape index (κ1) is 20.5. The molecule has 8 nitrogen and oxygen atoms in total. The van der Waals surface area contributed by atoms with Crippen LogP contribution in [0, 0.1) is 12.8 Å². The lowest BCUT2D eigenvalue weighted by Crippen LogP contribution is -2.40. The van der Waals surface area contributed by atoms with Gasteiger partial charge >= 0.3 is 0 Å². The largest absolute Gasteiger partial charge is 0.327 e. The minimum atomic E-state index is -0.195. The van der Waals surface area contributed by atoms with E-state index in [1.165, 1.54) is 43.6 Å². The Labute approximate surface area is 186 Å². The summed E-state index contributed by atoms with van der Waals surface area (Å²) in [4.78, 5) is 39.3. The van der Waals surface area contributed by atoms with Gasteiger partial charge in [-0.2, -0.15) is 0 Å². The van der Waals surface area contributed by atoms with Gasteiger partial charge in [-0.15, -0.1) is 5.10 Å². The van der Waals surface area contributed by atoms with Crippen molar-refractivity contribution >= 4 is 29.2 Å². The maximum absolute atomic E-state index is 13.1. The summed E-state index contributed by atoms with van der Waals surface area (Å²) in [5.74, 6) is 1.98. The predicted octanol–water partition coefficient (Wildman–Crippen LogP) is 3.47. The molecule has 2 aliphatic heterocycles. The fourth-order valence-electron chi connectivity index (χ4n) is 5.21. The summed E-state index contributed by atoms with van der Waals surface area (Å²) in [5, 5.41) is 5.65. The molecule has 0 aromatic carbocycles. The highest BCUT2D eigenvalue weighted by atomic mass is 32.1. The number of carbonyl (C=O) groups excluding carboxylic acids is 2. The van der Waals surface area contributed by atoms with Gasteiger partial charge in [0.05, 0.1) is 12.5 Å². The molecule has 2 aromatic rings. The van der Waals surface area contributed by atoms with Crippen molar-refractivity contribution in [2.24, 2.45) is 5.92 Å². The molecule has 0 bridgehead atoms. The number of fused-ring (bicyclic) bond motifs is 1. The number of hydrogen-bond donors (Lipinski definition) is 0. The highest BCUT2D eigenvalue weighted by molar-refractivity contribution is 7.03. The first-order valence-corrected chi connectivity index (χ1v) is 12.2. The molecule has 1 saturated carbocycles. The lowest BCUT2D eigenvalue weighted by Gasteiger charge is -2.34. The van der Waals surface area contributed by atoms with Gasteiger partial charge in [0.15, 0.2) is 11.5 Å². The first-order valence-electron chi connectivity index (χ1n) is 11.4. The van der Waals surface area contributed by atoms with Crippen molar-refractivity contribution < 1.29 is 9.59 Å². The fraction of sp³-hybridized carbons (Fsp3) is 0.636. The van der Waals surface area contributed by atoms with Crippen LogP contribution in [-0.2, 0) is 11.2 Å². The Morgan fingerprint density at radius 2 is 1.94 bits per heavy atom. The summed E-state index contributed by atoms with van der Waals surface area (Å²) in [6.07, 6.45) is 9.34. The molecule has 3 aliphatic rings. The molecule has 4 heterocycles. The van der Waals surface area contributed by atoms with Crippen LogP contribution in [0.1, 0.15) is 85.0 Å². The third kappa shape index (κ3) is 3.95. The molecule has 1 aliphatic carbocycles. The standard InChI is InChI=1S/C22H28N6O2S/c1-14-16-11-19(29)28(12-15-7-3-2-4-8-15)21(16)24-20(23-14)18-9-5-6-10-27(18)22(30)17-13-31-26-25-17/h13,15,18H,2-12H2,1H3. The second-order valence-electron chi connectivity index (χ2n) is 8.95. The molecule has 2 fully saturated rings. The van der Waals surface area contributed by atoms with Crippen LogP contribution in [0.3, 0.4) is 0 Å². The Balaban J connectivity index is 1.45. The van der Waals surface area contributed by atoms with Crippen LogP contribution < -0.4 is 4.90 Å². The number of likely N-dealkylation sites (tertiary alicyclic amines) is 1. The van der Waals surface area contributed by atoms with Crippen LogP contribution >= 0.6 is 11.5 Å². The van der Waals surface area contributed by atoms with E-state index >= 15 is 0 Å². The fourth-order valence-corrected chi connectivity index (χ4v) is 5.64. The van der Waals surface area contributed by atoms with Gasteiger partial charge in [0.25, 0.3) is 5.91 Å². The van der Waals surface area contributed by atoms with Crippen molar-refractivity contribution in [3.63, 3.8) is 0 Å². The number of nitrogens with zero attached hydrogens (tertiary/aromatic N) is 6. The maximum Gasteiger partial charge on any atom is 0.275 e. The van der Waals surface area contributed by atoms with Gasteiger partial charge in [-0.1, -0.05) is 23.8 Å². The van der Waals surface area contributed by atoms with E-state index in [0.717, 1.165) is 42.9 Å². The SMILES string of the molecule is Cc1nc(C2CCCCN2C(=O)c2csnn2)nc2c1CC(=O)N2CC1CCCCC1. The van der Waals surface area contributed by atoms with E-state index in [-0.39, 0.29) is 17.9 Å². The highest BCUT2D eigenvalue weighted by Crippen LogP contribution is 2.36. The third-order valence-corrected chi connectivity index (χ3v) is 7.41. The van der Waals surface area contributed by atoms with E-state index < -0.39 is 0 Å². The van der Waals surface area contributed by atoms with Gasteiger partial charge in [0, 0.05) is 29.7 Å². The summed E-state index contributed by atoms with van der Waals surface area (Å²) in [6.45, 7) is 3.37. The molecule has 0 radical (unpaired) electrons.